The van der Waals surface area contributed by atoms with Crippen LogP contribution < -0.4 is 15.9 Å². The van der Waals surface area contributed by atoms with Crippen LogP contribution in [0.1, 0.15) is 23.5 Å². The van der Waals surface area contributed by atoms with Crippen molar-refractivity contribution in [2.45, 2.75) is 12.3 Å². The molecule has 164 valence electrons. The van der Waals surface area contributed by atoms with Gasteiger partial charge in [0.05, 0.1) is 37.1 Å². The fraction of sp³-hybridized carbons (Fsp3) is 0.208. The van der Waals surface area contributed by atoms with Gasteiger partial charge in [0.1, 0.15) is 17.1 Å². The molecular weight excluding hydrogens is 414 g/mol. The second kappa shape index (κ2) is 8.22. The topological polar surface area (TPSA) is 108 Å². The van der Waals surface area contributed by atoms with Gasteiger partial charge in [0, 0.05) is 24.6 Å². The molecule has 0 bridgehead atoms. The first-order valence-electron chi connectivity index (χ1n) is 9.85. The molecule has 2 aromatic carbocycles. The molecule has 0 radical (unpaired) electrons. The third kappa shape index (κ3) is 3.49. The quantitative estimate of drug-likeness (QED) is 0.379. The fourth-order valence-electron chi connectivity index (χ4n) is 3.92. The minimum absolute atomic E-state index is 0.161. The van der Waals surface area contributed by atoms with E-state index >= 15 is 0 Å². The van der Waals surface area contributed by atoms with E-state index in [-0.39, 0.29) is 28.9 Å². The van der Waals surface area contributed by atoms with E-state index < -0.39 is 23.1 Å². The van der Waals surface area contributed by atoms with Crippen molar-refractivity contribution in [3.8, 4) is 11.5 Å². The summed E-state index contributed by atoms with van der Waals surface area (Å²) in [6, 6.07) is 13.3. The smallest absolute Gasteiger partial charge is 0.343 e. The molecule has 8 heteroatoms. The molecule has 8 nitrogen and oxygen atoms in total. The van der Waals surface area contributed by atoms with Crippen molar-refractivity contribution in [3.63, 3.8) is 0 Å². The van der Waals surface area contributed by atoms with E-state index in [1.165, 1.54) is 18.8 Å². The highest BCUT2D eigenvalue weighted by Gasteiger charge is 2.30. The highest BCUT2D eigenvalue weighted by Crippen LogP contribution is 2.36. The highest BCUT2D eigenvalue weighted by atomic mass is 16.5. The number of rotatable bonds is 5. The number of pyridine rings is 1. The van der Waals surface area contributed by atoms with Gasteiger partial charge in [-0.25, -0.2) is 4.79 Å². The molecule has 2 heterocycles. The summed E-state index contributed by atoms with van der Waals surface area (Å²) in [5.74, 6) is -1.46. The predicted octanol–water partition coefficient (Wildman–Crippen LogP) is 3.05. The zero-order valence-corrected chi connectivity index (χ0v) is 17.7. The molecule has 0 saturated heterocycles. The van der Waals surface area contributed by atoms with Crippen molar-refractivity contribution in [3.05, 3.63) is 80.4 Å². The minimum Gasteiger partial charge on any atom is -0.507 e. The molecule has 4 rings (SSSR count). The summed E-state index contributed by atoms with van der Waals surface area (Å²) >= 11 is 0. The summed E-state index contributed by atoms with van der Waals surface area (Å²) in [4.78, 5) is 38.4. The predicted molar refractivity (Wildman–Crippen MR) is 118 cm³/mol. The summed E-state index contributed by atoms with van der Waals surface area (Å²) in [7, 11) is 4.33. The summed E-state index contributed by atoms with van der Waals surface area (Å²) in [6.07, 6.45) is -0.329. The number of fused-ring (bicyclic) bond motifs is 2. The van der Waals surface area contributed by atoms with Gasteiger partial charge in [-0.3, -0.25) is 9.59 Å². The number of methoxy groups -OCH3 is 2. The van der Waals surface area contributed by atoms with Crippen LogP contribution in [0.25, 0.3) is 21.9 Å². The lowest BCUT2D eigenvalue weighted by Gasteiger charge is -2.19. The van der Waals surface area contributed by atoms with Gasteiger partial charge < -0.3 is 23.6 Å². The third-order valence-electron chi connectivity index (χ3n) is 5.60. The van der Waals surface area contributed by atoms with Crippen LogP contribution >= 0.6 is 0 Å². The standard InChI is InChI=1S/C24H21NO7/c1-25-18-11-14(30-2)9-8-13(18)10-17(23(25)28)16(12-20(26)31-3)21-22(27)15-6-4-5-7-19(15)32-24(21)29/h4-11,16,27H,12H2,1-3H3/t16-/m1/s1. The first kappa shape index (κ1) is 21.2. The molecule has 32 heavy (non-hydrogen) atoms. The summed E-state index contributed by atoms with van der Waals surface area (Å²) < 4.78 is 16.8. The van der Waals surface area contributed by atoms with E-state index in [4.69, 9.17) is 13.9 Å². The lowest BCUT2D eigenvalue weighted by molar-refractivity contribution is -0.140. The maximum Gasteiger partial charge on any atom is 0.343 e. The Bertz CT molecular complexity index is 1470. The number of aromatic nitrogens is 1. The van der Waals surface area contributed by atoms with Gasteiger partial charge in [-0.15, -0.1) is 0 Å². The normalized spacial score (nSPS) is 12.1. The van der Waals surface area contributed by atoms with Crippen molar-refractivity contribution >= 4 is 27.8 Å². The number of ether oxygens (including phenoxy) is 2. The number of carbonyl (C=O) groups is 1. The Morgan fingerprint density at radius 3 is 2.59 bits per heavy atom. The monoisotopic (exact) mass is 435 g/mol. The molecule has 2 aromatic heterocycles. The molecule has 0 unspecified atom stereocenters. The largest absolute Gasteiger partial charge is 0.507 e. The van der Waals surface area contributed by atoms with Crippen LogP contribution in [0.2, 0.25) is 0 Å². The third-order valence-corrected chi connectivity index (χ3v) is 5.60. The minimum atomic E-state index is -1.08. The van der Waals surface area contributed by atoms with Gasteiger partial charge in [-0.05, 0) is 35.7 Å². The van der Waals surface area contributed by atoms with Crippen LogP contribution in [0.5, 0.6) is 11.5 Å². The molecule has 0 amide bonds. The van der Waals surface area contributed by atoms with E-state index in [1.807, 2.05) is 0 Å². The molecule has 0 aliphatic carbocycles. The number of benzene rings is 2. The SMILES string of the molecule is COC(=O)C[C@@H](c1c(O)c2ccccc2oc1=O)c1cc2ccc(OC)cc2n(C)c1=O. The maximum atomic E-state index is 13.3. The summed E-state index contributed by atoms with van der Waals surface area (Å²) in [6.45, 7) is 0. The molecule has 1 atom stereocenters. The second-order valence-electron chi connectivity index (χ2n) is 7.37. The van der Waals surface area contributed by atoms with Crippen LogP contribution in [-0.4, -0.2) is 29.9 Å². The van der Waals surface area contributed by atoms with Gasteiger partial charge in [0.15, 0.2) is 0 Å². The number of hydrogen-bond donors (Lipinski definition) is 1. The molecule has 0 aliphatic heterocycles. The number of esters is 1. The Morgan fingerprint density at radius 2 is 1.88 bits per heavy atom. The Hall–Kier alpha value is -4.07. The van der Waals surface area contributed by atoms with Gasteiger partial charge in [-0.1, -0.05) is 12.1 Å². The van der Waals surface area contributed by atoms with Crippen molar-refractivity contribution < 1.29 is 23.8 Å². The lowest BCUT2D eigenvalue weighted by atomic mass is 9.88. The van der Waals surface area contributed by atoms with Gasteiger partial charge in [0.25, 0.3) is 5.56 Å². The molecule has 0 aliphatic rings. The zero-order valence-electron chi connectivity index (χ0n) is 17.7. The zero-order chi connectivity index (χ0) is 23.0. The van der Waals surface area contributed by atoms with Gasteiger partial charge in [0.2, 0.25) is 0 Å². The van der Waals surface area contributed by atoms with Crippen LogP contribution in [0.15, 0.2) is 62.5 Å². The fourth-order valence-corrected chi connectivity index (χ4v) is 3.92. The van der Waals surface area contributed by atoms with Crippen molar-refractivity contribution in [2.24, 2.45) is 7.05 Å². The van der Waals surface area contributed by atoms with Crippen molar-refractivity contribution in [1.29, 1.82) is 0 Å². The van der Waals surface area contributed by atoms with Gasteiger partial charge in [-0.2, -0.15) is 0 Å². The van der Waals surface area contributed by atoms with Gasteiger partial charge >= 0.3 is 11.6 Å². The number of nitrogens with zero attached hydrogens (tertiary/aromatic N) is 1. The second-order valence-corrected chi connectivity index (χ2v) is 7.37. The molecule has 0 saturated carbocycles. The van der Waals surface area contributed by atoms with E-state index in [9.17, 15) is 19.5 Å². The number of carbonyl (C=O) groups excluding carboxylic acids is 1. The van der Waals surface area contributed by atoms with E-state index in [0.717, 1.165) is 0 Å². The van der Waals surface area contributed by atoms with E-state index in [0.29, 0.717) is 22.0 Å². The van der Waals surface area contributed by atoms with Crippen LogP contribution in [0.3, 0.4) is 0 Å². The number of para-hydroxylation sites is 1. The summed E-state index contributed by atoms with van der Waals surface area (Å²) in [5, 5.41) is 12.0. The van der Waals surface area contributed by atoms with Crippen LogP contribution in [-0.2, 0) is 16.6 Å². The Labute approximate surface area is 182 Å². The van der Waals surface area contributed by atoms with E-state index in [2.05, 4.69) is 0 Å². The molecule has 0 fully saturated rings. The Morgan fingerprint density at radius 1 is 1.12 bits per heavy atom. The van der Waals surface area contributed by atoms with Crippen molar-refractivity contribution in [2.75, 3.05) is 14.2 Å². The maximum absolute atomic E-state index is 13.3. The number of hydrogen-bond acceptors (Lipinski definition) is 7. The number of aryl methyl sites for hydroxylation is 1. The Kier molecular flexibility index (Phi) is 5.44. The molecular formula is C24H21NO7. The average molecular weight is 435 g/mol. The molecule has 1 N–H and O–H groups in total. The van der Waals surface area contributed by atoms with E-state index in [1.54, 1.807) is 55.6 Å². The molecule has 4 aromatic rings. The lowest BCUT2D eigenvalue weighted by Crippen LogP contribution is -2.27. The Balaban J connectivity index is 2.02. The van der Waals surface area contributed by atoms with Crippen molar-refractivity contribution in [1.82, 2.24) is 4.57 Å². The first-order valence-corrected chi connectivity index (χ1v) is 9.85. The first-order chi connectivity index (χ1) is 15.3. The average Bonchev–Trinajstić information content (AvgIpc) is 2.80. The molecule has 0 spiro atoms. The number of aromatic hydroxyl groups is 1. The van der Waals surface area contributed by atoms with Crippen LogP contribution in [0.4, 0.5) is 0 Å². The highest BCUT2D eigenvalue weighted by molar-refractivity contribution is 5.85. The van der Waals surface area contributed by atoms with Crippen LogP contribution in [0, 0.1) is 0 Å². The summed E-state index contributed by atoms with van der Waals surface area (Å²) in [5.41, 5.74) is -0.440.